The fourth-order valence-electron chi connectivity index (χ4n) is 5.06. The van der Waals surface area contributed by atoms with Crippen LogP contribution < -0.4 is 4.74 Å². The fourth-order valence-corrected chi connectivity index (χ4v) is 5.06. The van der Waals surface area contributed by atoms with E-state index in [9.17, 15) is 9.59 Å². The third kappa shape index (κ3) is 5.77. The van der Waals surface area contributed by atoms with E-state index in [1.165, 1.54) is 0 Å². The zero-order valence-electron chi connectivity index (χ0n) is 18.6. The topological polar surface area (TPSA) is 62.3 Å². The standard InChI is InChI=1S/C24H35N3O4/c1-30-22-4-2-19(3-5-22)16-23(28)27-9-6-20-17-24(29)26(8-7-21(20)18-27)11-10-25-12-14-31-15-13-25/h2-5,20-21H,6-18H2,1H3/t20-,21+/m1/s1. The molecule has 3 heterocycles. The van der Waals surface area contributed by atoms with Crippen molar-refractivity contribution in [3.8, 4) is 5.75 Å². The lowest BCUT2D eigenvalue weighted by atomic mass is 9.82. The summed E-state index contributed by atoms with van der Waals surface area (Å²) in [5.74, 6) is 2.11. The molecule has 3 aliphatic rings. The summed E-state index contributed by atoms with van der Waals surface area (Å²) < 4.78 is 10.6. The lowest BCUT2D eigenvalue weighted by Crippen LogP contribution is -2.44. The van der Waals surface area contributed by atoms with Crippen molar-refractivity contribution in [1.82, 2.24) is 14.7 Å². The number of fused-ring (bicyclic) bond motifs is 1. The van der Waals surface area contributed by atoms with E-state index >= 15 is 0 Å². The molecule has 0 radical (unpaired) electrons. The molecule has 3 saturated heterocycles. The van der Waals surface area contributed by atoms with Gasteiger partial charge in [0.15, 0.2) is 0 Å². The van der Waals surface area contributed by atoms with Gasteiger partial charge in [-0.05, 0) is 42.4 Å². The van der Waals surface area contributed by atoms with Crippen LogP contribution in [0, 0.1) is 11.8 Å². The number of methoxy groups -OCH3 is 1. The van der Waals surface area contributed by atoms with Gasteiger partial charge in [-0.1, -0.05) is 12.1 Å². The number of likely N-dealkylation sites (tertiary alicyclic amines) is 2. The molecule has 0 saturated carbocycles. The number of carbonyl (C=O) groups is 2. The smallest absolute Gasteiger partial charge is 0.226 e. The van der Waals surface area contributed by atoms with Crippen LogP contribution in [-0.4, -0.2) is 92.7 Å². The second kappa shape index (κ2) is 10.5. The van der Waals surface area contributed by atoms with E-state index in [1.807, 2.05) is 29.2 Å². The van der Waals surface area contributed by atoms with Gasteiger partial charge in [0.05, 0.1) is 26.7 Å². The zero-order chi connectivity index (χ0) is 21.6. The van der Waals surface area contributed by atoms with Gasteiger partial charge in [-0.2, -0.15) is 0 Å². The number of amides is 2. The Morgan fingerprint density at radius 2 is 1.77 bits per heavy atom. The number of morpholine rings is 1. The van der Waals surface area contributed by atoms with Gasteiger partial charge in [0.1, 0.15) is 5.75 Å². The first-order valence-corrected chi connectivity index (χ1v) is 11.6. The van der Waals surface area contributed by atoms with Crippen LogP contribution in [-0.2, 0) is 20.7 Å². The number of benzene rings is 1. The summed E-state index contributed by atoms with van der Waals surface area (Å²) in [5.41, 5.74) is 1.01. The molecule has 7 nitrogen and oxygen atoms in total. The zero-order valence-corrected chi connectivity index (χ0v) is 18.6. The highest BCUT2D eigenvalue weighted by Gasteiger charge is 2.36. The van der Waals surface area contributed by atoms with Crippen LogP contribution in [0.2, 0.25) is 0 Å². The maximum atomic E-state index is 12.9. The lowest BCUT2D eigenvalue weighted by Gasteiger charge is -2.37. The number of carbonyl (C=O) groups excluding carboxylic acids is 2. The summed E-state index contributed by atoms with van der Waals surface area (Å²) in [6, 6.07) is 7.72. The molecule has 4 rings (SSSR count). The van der Waals surface area contributed by atoms with Crippen LogP contribution in [0.15, 0.2) is 24.3 Å². The van der Waals surface area contributed by atoms with E-state index < -0.39 is 0 Å². The van der Waals surface area contributed by atoms with Crippen molar-refractivity contribution in [1.29, 1.82) is 0 Å². The Hall–Kier alpha value is -2.12. The minimum absolute atomic E-state index is 0.184. The van der Waals surface area contributed by atoms with Crippen molar-refractivity contribution in [3.63, 3.8) is 0 Å². The molecule has 3 fully saturated rings. The second-order valence-electron chi connectivity index (χ2n) is 9.00. The lowest BCUT2D eigenvalue weighted by molar-refractivity contribution is -0.133. The first kappa shape index (κ1) is 22.1. The Labute approximate surface area is 185 Å². The monoisotopic (exact) mass is 429 g/mol. The van der Waals surface area contributed by atoms with Crippen LogP contribution in [0.4, 0.5) is 0 Å². The molecule has 0 spiro atoms. The average molecular weight is 430 g/mol. The Kier molecular flexibility index (Phi) is 7.45. The molecule has 1 aromatic rings. The molecule has 31 heavy (non-hydrogen) atoms. The Morgan fingerprint density at radius 3 is 2.52 bits per heavy atom. The summed E-state index contributed by atoms with van der Waals surface area (Å²) >= 11 is 0. The maximum Gasteiger partial charge on any atom is 0.226 e. The van der Waals surface area contributed by atoms with Crippen molar-refractivity contribution >= 4 is 11.8 Å². The molecule has 0 unspecified atom stereocenters. The van der Waals surface area contributed by atoms with Gasteiger partial charge in [-0.25, -0.2) is 0 Å². The van der Waals surface area contributed by atoms with Crippen LogP contribution in [0.5, 0.6) is 5.75 Å². The van der Waals surface area contributed by atoms with E-state index in [2.05, 4.69) is 9.80 Å². The van der Waals surface area contributed by atoms with Gasteiger partial charge in [0, 0.05) is 52.2 Å². The predicted octanol–water partition coefficient (Wildman–Crippen LogP) is 1.66. The summed E-state index contributed by atoms with van der Waals surface area (Å²) in [4.78, 5) is 32.2. The molecule has 7 heteroatoms. The minimum atomic E-state index is 0.184. The summed E-state index contributed by atoms with van der Waals surface area (Å²) in [6.45, 7) is 7.58. The molecule has 0 N–H and O–H groups in total. The number of rotatable bonds is 6. The van der Waals surface area contributed by atoms with Crippen molar-refractivity contribution in [2.75, 3.05) is 66.1 Å². The van der Waals surface area contributed by atoms with Crippen LogP contribution in [0.25, 0.3) is 0 Å². The van der Waals surface area contributed by atoms with E-state index in [0.29, 0.717) is 30.6 Å². The van der Waals surface area contributed by atoms with Gasteiger partial charge in [-0.15, -0.1) is 0 Å². The SMILES string of the molecule is COc1ccc(CC(=O)N2CC[C@@H]3CC(=O)N(CCN4CCOCC4)CC[C@H]3C2)cc1. The maximum absolute atomic E-state index is 12.9. The third-order valence-corrected chi connectivity index (χ3v) is 7.11. The van der Waals surface area contributed by atoms with E-state index in [4.69, 9.17) is 9.47 Å². The van der Waals surface area contributed by atoms with E-state index in [1.54, 1.807) is 7.11 Å². The summed E-state index contributed by atoms with van der Waals surface area (Å²) in [6.07, 6.45) is 2.98. The molecular weight excluding hydrogens is 394 g/mol. The minimum Gasteiger partial charge on any atom is -0.497 e. The third-order valence-electron chi connectivity index (χ3n) is 7.11. The Balaban J connectivity index is 1.28. The molecular formula is C24H35N3O4. The summed E-state index contributed by atoms with van der Waals surface area (Å²) in [5, 5.41) is 0. The molecule has 0 bridgehead atoms. The Bertz CT molecular complexity index is 748. The van der Waals surface area contributed by atoms with Crippen LogP contribution in [0.1, 0.15) is 24.8 Å². The van der Waals surface area contributed by atoms with Crippen molar-refractivity contribution in [2.24, 2.45) is 11.8 Å². The number of piperidine rings is 1. The first-order valence-electron chi connectivity index (χ1n) is 11.6. The van der Waals surface area contributed by atoms with Crippen molar-refractivity contribution in [2.45, 2.75) is 25.7 Å². The molecule has 0 aliphatic carbocycles. The van der Waals surface area contributed by atoms with Gasteiger partial charge >= 0.3 is 0 Å². The molecule has 170 valence electrons. The average Bonchev–Trinajstić information content (AvgIpc) is 2.96. The predicted molar refractivity (Wildman–Crippen MR) is 118 cm³/mol. The molecule has 1 aromatic carbocycles. The number of hydrogen-bond donors (Lipinski definition) is 0. The molecule has 3 aliphatic heterocycles. The first-order chi connectivity index (χ1) is 15.1. The normalized spacial score (nSPS) is 25.1. The van der Waals surface area contributed by atoms with E-state index in [0.717, 1.165) is 83.2 Å². The number of ether oxygens (including phenoxy) is 2. The highest BCUT2D eigenvalue weighted by Crippen LogP contribution is 2.32. The quantitative estimate of drug-likeness (QED) is 0.688. The van der Waals surface area contributed by atoms with Gasteiger partial charge in [0.2, 0.25) is 11.8 Å². The second-order valence-corrected chi connectivity index (χ2v) is 9.00. The largest absolute Gasteiger partial charge is 0.497 e. The highest BCUT2D eigenvalue weighted by atomic mass is 16.5. The highest BCUT2D eigenvalue weighted by molar-refractivity contribution is 5.79. The van der Waals surface area contributed by atoms with Gasteiger partial charge < -0.3 is 19.3 Å². The van der Waals surface area contributed by atoms with Gasteiger partial charge in [-0.3, -0.25) is 14.5 Å². The van der Waals surface area contributed by atoms with E-state index in [-0.39, 0.29) is 5.91 Å². The van der Waals surface area contributed by atoms with Crippen LogP contribution in [0.3, 0.4) is 0 Å². The van der Waals surface area contributed by atoms with Gasteiger partial charge in [0.25, 0.3) is 0 Å². The number of hydrogen-bond acceptors (Lipinski definition) is 5. The molecule has 2 amide bonds. The molecule has 0 aromatic heterocycles. The molecule has 2 atom stereocenters. The van der Waals surface area contributed by atoms with Crippen molar-refractivity contribution in [3.05, 3.63) is 29.8 Å². The van der Waals surface area contributed by atoms with Crippen molar-refractivity contribution < 1.29 is 19.1 Å². The summed E-state index contributed by atoms with van der Waals surface area (Å²) in [7, 11) is 1.64. The van der Waals surface area contributed by atoms with Crippen LogP contribution >= 0.6 is 0 Å². The Morgan fingerprint density at radius 1 is 1.03 bits per heavy atom. The fraction of sp³-hybridized carbons (Fsp3) is 0.667. The number of nitrogens with zero attached hydrogens (tertiary/aromatic N) is 3.